The molecule has 3 rings (SSSR count). The Hall–Kier alpha value is -0.120. The van der Waals surface area contributed by atoms with Gasteiger partial charge in [0.25, 0.3) is 0 Å². The maximum atomic E-state index is 5.94. The molecule has 3 fully saturated rings. The summed E-state index contributed by atoms with van der Waals surface area (Å²) >= 11 is 0. The Morgan fingerprint density at radius 3 is 2.67 bits per heavy atom. The van der Waals surface area contributed by atoms with E-state index in [0.29, 0.717) is 24.3 Å². The van der Waals surface area contributed by atoms with Crippen LogP contribution in [0.2, 0.25) is 0 Å². The molecule has 1 N–H and O–H groups in total. The highest BCUT2D eigenvalue weighted by molar-refractivity contribution is 4.95. The Balaban J connectivity index is 1.48. The quantitative estimate of drug-likeness (QED) is 0.833. The summed E-state index contributed by atoms with van der Waals surface area (Å²) in [5.41, 5.74) is 0. The molecule has 0 amide bonds. The predicted octanol–water partition coefficient (Wildman–Crippen LogP) is 2.16. The van der Waals surface area contributed by atoms with Gasteiger partial charge in [-0.25, -0.2) is 0 Å². The van der Waals surface area contributed by atoms with Gasteiger partial charge in [0.15, 0.2) is 0 Å². The lowest BCUT2D eigenvalue weighted by atomic mass is 9.94. The molecule has 3 saturated heterocycles. The number of rotatable bonds is 3. The van der Waals surface area contributed by atoms with Crippen LogP contribution in [0.4, 0.5) is 0 Å². The van der Waals surface area contributed by atoms with Gasteiger partial charge in [-0.1, -0.05) is 0 Å². The van der Waals surface area contributed by atoms with Crippen molar-refractivity contribution in [2.24, 2.45) is 0 Å². The molecule has 0 aromatic carbocycles. The molecule has 0 radical (unpaired) electrons. The smallest absolute Gasteiger partial charge is 0.0733 e. The molecule has 4 unspecified atom stereocenters. The fourth-order valence-electron chi connectivity index (χ4n) is 3.92. The molecule has 3 nitrogen and oxygen atoms in total. The number of likely N-dealkylation sites (tertiary alicyclic amines) is 1. The van der Waals surface area contributed by atoms with Crippen molar-refractivity contribution in [2.75, 3.05) is 13.1 Å². The number of nitrogens with zero attached hydrogens (tertiary/aromatic N) is 1. The van der Waals surface area contributed by atoms with Crippen molar-refractivity contribution in [1.29, 1.82) is 0 Å². The molecule has 0 spiro atoms. The largest absolute Gasteiger partial charge is 0.373 e. The lowest BCUT2D eigenvalue weighted by molar-refractivity contribution is 0.0956. The maximum Gasteiger partial charge on any atom is 0.0733 e. The minimum atomic E-state index is 0.527. The average Bonchev–Trinajstić information content (AvgIpc) is 2.86. The van der Waals surface area contributed by atoms with Crippen LogP contribution < -0.4 is 5.32 Å². The summed E-state index contributed by atoms with van der Waals surface area (Å²) in [4.78, 5) is 2.62. The van der Waals surface area contributed by atoms with Crippen LogP contribution in [0.15, 0.2) is 0 Å². The van der Waals surface area contributed by atoms with Gasteiger partial charge < -0.3 is 15.0 Å². The third-order valence-electron chi connectivity index (χ3n) is 5.05. The van der Waals surface area contributed by atoms with E-state index < -0.39 is 0 Å². The van der Waals surface area contributed by atoms with Crippen LogP contribution in [-0.4, -0.2) is 48.3 Å². The van der Waals surface area contributed by atoms with Crippen molar-refractivity contribution in [2.45, 2.75) is 82.7 Å². The van der Waals surface area contributed by atoms with Crippen LogP contribution in [0.3, 0.4) is 0 Å². The second-order valence-corrected chi connectivity index (χ2v) is 6.64. The van der Waals surface area contributed by atoms with Crippen molar-refractivity contribution in [3.8, 4) is 0 Å². The summed E-state index contributed by atoms with van der Waals surface area (Å²) in [7, 11) is 0. The van der Waals surface area contributed by atoms with E-state index >= 15 is 0 Å². The molecule has 3 heterocycles. The van der Waals surface area contributed by atoms with E-state index in [9.17, 15) is 0 Å². The molecular weight excluding hydrogens is 224 g/mol. The Kier molecular flexibility index (Phi) is 3.92. The fraction of sp³-hybridized carbons (Fsp3) is 1.00. The lowest BCUT2D eigenvalue weighted by Crippen LogP contribution is -2.44. The topological polar surface area (TPSA) is 24.5 Å². The van der Waals surface area contributed by atoms with E-state index in [1.54, 1.807) is 0 Å². The van der Waals surface area contributed by atoms with Gasteiger partial charge in [0.2, 0.25) is 0 Å². The Morgan fingerprint density at radius 2 is 2.00 bits per heavy atom. The molecule has 104 valence electrons. The van der Waals surface area contributed by atoms with Gasteiger partial charge in [-0.3, -0.25) is 0 Å². The lowest BCUT2D eigenvalue weighted by Gasteiger charge is -2.27. The average molecular weight is 252 g/mol. The monoisotopic (exact) mass is 252 g/mol. The Labute approximate surface area is 111 Å². The molecule has 3 heteroatoms. The van der Waals surface area contributed by atoms with Crippen LogP contribution in [-0.2, 0) is 4.74 Å². The number of fused-ring (bicyclic) bond motifs is 2. The van der Waals surface area contributed by atoms with Gasteiger partial charge >= 0.3 is 0 Å². The van der Waals surface area contributed by atoms with E-state index in [1.807, 2.05) is 0 Å². The summed E-state index contributed by atoms with van der Waals surface area (Å²) in [6, 6.07) is 2.08. The fourth-order valence-corrected chi connectivity index (χ4v) is 3.92. The van der Waals surface area contributed by atoms with Gasteiger partial charge in [-0.15, -0.1) is 0 Å². The summed E-state index contributed by atoms with van der Waals surface area (Å²) in [5.74, 6) is 0. The van der Waals surface area contributed by atoms with Gasteiger partial charge in [-0.2, -0.15) is 0 Å². The molecule has 2 bridgehead atoms. The highest BCUT2D eigenvalue weighted by Gasteiger charge is 2.41. The van der Waals surface area contributed by atoms with Gasteiger partial charge in [0, 0.05) is 18.1 Å². The highest BCUT2D eigenvalue weighted by Crippen LogP contribution is 2.34. The maximum absolute atomic E-state index is 5.94. The van der Waals surface area contributed by atoms with Crippen LogP contribution in [0, 0.1) is 0 Å². The minimum absolute atomic E-state index is 0.527. The second kappa shape index (κ2) is 5.48. The standard InChI is InChI=1S/C15H28N2O/c1-11(2)17-8-3-4-12(7-9-17)16-14-10-13-5-6-15(14)18-13/h11-16H,3-10H2,1-2H3. The van der Waals surface area contributed by atoms with Crippen LogP contribution in [0.25, 0.3) is 0 Å². The molecule has 0 aliphatic carbocycles. The van der Waals surface area contributed by atoms with Crippen molar-refractivity contribution >= 4 is 0 Å². The molecule has 0 aromatic heterocycles. The molecular formula is C15H28N2O. The molecule has 3 aliphatic rings. The van der Waals surface area contributed by atoms with Crippen molar-refractivity contribution in [3.05, 3.63) is 0 Å². The van der Waals surface area contributed by atoms with Gasteiger partial charge in [0.1, 0.15) is 0 Å². The number of ether oxygens (including phenoxy) is 1. The normalized spacial score (nSPS) is 41.5. The SMILES string of the molecule is CC(C)N1CCCC(NC2CC3CCC2O3)CC1. The first-order valence-corrected chi connectivity index (χ1v) is 7.88. The third kappa shape index (κ3) is 2.73. The summed E-state index contributed by atoms with van der Waals surface area (Å²) in [6.45, 7) is 7.18. The Morgan fingerprint density at radius 1 is 1.11 bits per heavy atom. The summed E-state index contributed by atoms with van der Waals surface area (Å²) in [5, 5.41) is 3.90. The van der Waals surface area contributed by atoms with E-state index in [-0.39, 0.29) is 0 Å². The number of nitrogens with one attached hydrogen (secondary N) is 1. The predicted molar refractivity (Wildman–Crippen MR) is 73.8 cm³/mol. The minimum Gasteiger partial charge on any atom is -0.373 e. The van der Waals surface area contributed by atoms with E-state index in [2.05, 4.69) is 24.1 Å². The number of hydrogen-bond acceptors (Lipinski definition) is 3. The van der Waals surface area contributed by atoms with Crippen molar-refractivity contribution in [1.82, 2.24) is 10.2 Å². The Bertz CT molecular complexity index is 282. The van der Waals surface area contributed by atoms with Gasteiger partial charge in [0.05, 0.1) is 12.2 Å². The van der Waals surface area contributed by atoms with Crippen LogP contribution in [0.1, 0.15) is 52.4 Å². The van der Waals surface area contributed by atoms with Gasteiger partial charge in [-0.05, 0) is 65.5 Å². The first kappa shape index (κ1) is 12.9. The van der Waals surface area contributed by atoms with Crippen LogP contribution in [0.5, 0.6) is 0 Å². The van der Waals surface area contributed by atoms with E-state index in [1.165, 1.54) is 51.6 Å². The summed E-state index contributed by atoms with van der Waals surface area (Å²) in [6.07, 6.45) is 8.95. The first-order chi connectivity index (χ1) is 8.72. The zero-order valence-electron chi connectivity index (χ0n) is 11.9. The van der Waals surface area contributed by atoms with Crippen molar-refractivity contribution in [3.63, 3.8) is 0 Å². The molecule has 3 aliphatic heterocycles. The van der Waals surface area contributed by atoms with E-state index in [0.717, 1.165) is 6.04 Å². The molecule has 0 aromatic rings. The zero-order chi connectivity index (χ0) is 12.5. The second-order valence-electron chi connectivity index (χ2n) is 6.64. The highest BCUT2D eigenvalue weighted by atomic mass is 16.5. The third-order valence-corrected chi connectivity index (χ3v) is 5.05. The molecule has 18 heavy (non-hydrogen) atoms. The molecule has 0 saturated carbocycles. The first-order valence-electron chi connectivity index (χ1n) is 7.88. The number of hydrogen-bond donors (Lipinski definition) is 1. The summed E-state index contributed by atoms with van der Waals surface area (Å²) < 4.78 is 5.94. The van der Waals surface area contributed by atoms with Crippen molar-refractivity contribution < 1.29 is 4.74 Å². The zero-order valence-corrected chi connectivity index (χ0v) is 11.9. The molecule has 4 atom stereocenters. The van der Waals surface area contributed by atoms with Crippen LogP contribution >= 0.6 is 0 Å². The van der Waals surface area contributed by atoms with E-state index in [4.69, 9.17) is 4.74 Å².